The number of hydrogen-bond acceptors (Lipinski definition) is 24. The van der Waals surface area contributed by atoms with Crippen molar-refractivity contribution in [1.82, 2.24) is 0 Å². The van der Waals surface area contributed by atoms with Crippen molar-refractivity contribution in [3.63, 3.8) is 0 Å². The van der Waals surface area contributed by atoms with Crippen molar-refractivity contribution in [2.45, 2.75) is 56.6 Å². The van der Waals surface area contributed by atoms with E-state index >= 15 is 0 Å². The summed E-state index contributed by atoms with van der Waals surface area (Å²) in [7, 11) is -15.4. The molecule has 0 saturated heterocycles. The number of alkyl halides is 6. The van der Waals surface area contributed by atoms with Crippen LogP contribution in [0.15, 0.2) is 191 Å². The molecule has 0 atom stereocenters. The van der Waals surface area contributed by atoms with Crippen molar-refractivity contribution in [2.75, 3.05) is 64.7 Å². The van der Waals surface area contributed by atoms with Gasteiger partial charge in [0.2, 0.25) is 13.6 Å². The summed E-state index contributed by atoms with van der Waals surface area (Å²) in [6, 6.07) is 47.4. The summed E-state index contributed by atoms with van der Waals surface area (Å²) in [5.74, 6) is -14.2. The zero-order chi connectivity index (χ0) is 81.0. The maximum Gasteiger partial charge on any atom is 0.429 e. The molecule has 0 unspecified atom stereocenters. The highest BCUT2D eigenvalue weighted by Gasteiger charge is 2.48. The standard InChI is InChI=1S/C16H16O6S.C15H12F2O6S.2C15H18F2O3.C15H14O6S.5CH3/c1-2-12-3-4-14-10-15(6-5-13(14)9-12)21-7-8-22-16(17)11-23(18,19)20;1-2-10-3-4-12-8-13(6-5-11(12)7-10)22-9-23-14(18)15(16,17)24(19,20)21;2*1-3-12-6-8-13(9-7-12)19-10-4-5-11-20-14(18)15(2,16)17;1-2-11-5-3-7-13-12(11)6-4-8-14(13)20-10-21-15(16)9-22(17,18)19;;;;;/h2-6,9-10H,1,7-8,11H2,(H,18,19,20);2-8H,1,9H2,(H,19,20,21);2*3,6-9H,1,4-5,10-11H2,2H3;2-8H,1,9-10H2,(H,17,18,19);5*1H3/q;;;;;5*+1/p-3. The van der Waals surface area contributed by atoms with E-state index in [-0.39, 0.29) is 69.3 Å². The van der Waals surface area contributed by atoms with E-state index in [1.807, 2.05) is 109 Å². The van der Waals surface area contributed by atoms with Gasteiger partial charge in [-0.25, -0.2) is 39.6 Å². The number of fused-ring (bicyclic) bond motifs is 3. The number of esters is 5. The van der Waals surface area contributed by atoms with Crippen LogP contribution in [0, 0.1) is 37.1 Å². The normalized spacial score (nSPS) is 10.8. The molecule has 8 aromatic carbocycles. The van der Waals surface area contributed by atoms with E-state index in [0.29, 0.717) is 64.2 Å². The molecule has 0 radical (unpaired) electrons. The van der Waals surface area contributed by atoms with E-state index in [9.17, 15) is 89.2 Å². The Balaban J connectivity index is 0. The highest BCUT2D eigenvalue weighted by Crippen LogP contribution is 2.30. The van der Waals surface area contributed by atoms with Crippen LogP contribution in [0.5, 0.6) is 28.7 Å². The molecule has 0 fully saturated rings. The molecule has 0 spiro atoms. The molecule has 616 valence electrons. The van der Waals surface area contributed by atoms with Gasteiger partial charge in [-0.05, 0) is 147 Å². The Bertz CT molecular complexity index is 4690. The summed E-state index contributed by atoms with van der Waals surface area (Å²) >= 11 is 0. The molecule has 24 nitrogen and oxygen atoms in total. The van der Waals surface area contributed by atoms with E-state index in [1.165, 1.54) is 6.07 Å². The van der Waals surface area contributed by atoms with Crippen LogP contribution in [-0.4, -0.2) is 151 Å². The van der Waals surface area contributed by atoms with Crippen LogP contribution >= 0.6 is 0 Å². The van der Waals surface area contributed by atoms with Gasteiger partial charge >= 0.3 is 46.9 Å². The Morgan fingerprint density at radius 1 is 0.368 bits per heavy atom. The molecule has 0 heterocycles. The molecule has 0 aromatic heterocycles. The molecule has 0 N–H and O–H groups in total. The molecule has 8 rings (SSSR count). The predicted octanol–water partition coefficient (Wildman–Crippen LogP) is 16.0. The third kappa shape index (κ3) is 38.5. The fraction of sp³-hybridized carbons (Fsp3) is 0.235. The lowest BCUT2D eigenvalue weighted by molar-refractivity contribution is -0.169. The first-order valence-corrected chi connectivity index (χ1v) is 36.7. The number of unbranched alkanes of at least 4 members (excludes halogenated alkanes) is 2. The van der Waals surface area contributed by atoms with Gasteiger partial charge < -0.3 is 61.0 Å². The average Bonchev–Trinajstić information content (AvgIpc) is 0.810. The predicted molar refractivity (Wildman–Crippen MR) is 423 cm³/mol. The third-order valence-corrected chi connectivity index (χ3v) is 15.9. The topological polar surface area (TPSA) is 349 Å². The van der Waals surface area contributed by atoms with E-state index in [1.54, 1.807) is 72.8 Å². The molecular formula is C81H90F6O24S3+2. The fourth-order valence-corrected chi connectivity index (χ4v) is 9.49. The first-order chi connectivity index (χ1) is 51.3. The van der Waals surface area contributed by atoms with Crippen LogP contribution in [0.3, 0.4) is 0 Å². The van der Waals surface area contributed by atoms with Crippen LogP contribution in [-0.2, 0) is 78.0 Å². The van der Waals surface area contributed by atoms with Crippen molar-refractivity contribution >= 4 is 123 Å². The quantitative estimate of drug-likeness (QED) is 0.00677. The fourth-order valence-electron chi connectivity index (χ4n) is 8.48. The molecule has 0 aliphatic rings. The van der Waals surface area contributed by atoms with Gasteiger partial charge in [-0.2, -0.15) is 26.3 Å². The lowest BCUT2D eigenvalue weighted by Gasteiger charge is -2.18. The lowest BCUT2D eigenvalue weighted by atomic mass is 10.0. The van der Waals surface area contributed by atoms with E-state index in [4.69, 9.17) is 23.7 Å². The van der Waals surface area contributed by atoms with Crippen molar-refractivity contribution in [1.29, 1.82) is 0 Å². The van der Waals surface area contributed by atoms with E-state index < -0.39 is 102 Å². The number of halogens is 6. The second-order valence-electron chi connectivity index (χ2n) is 22.5. The van der Waals surface area contributed by atoms with Gasteiger partial charge in [0.15, 0.2) is 10.1 Å². The van der Waals surface area contributed by atoms with Crippen LogP contribution < -0.4 is 23.7 Å². The highest BCUT2D eigenvalue weighted by atomic mass is 32.2. The van der Waals surface area contributed by atoms with Gasteiger partial charge in [0.25, 0.3) is 0 Å². The SMILES string of the molecule is C=Cc1ccc(OCCCCOC(=O)C(C)(F)F)cc1.C=Cc1ccc(OCCCCOC(=O)C(C)(F)F)cc1.C=Cc1ccc2cc(OCCOC(=O)CS(=O)(=O)[O-])ccc2c1.C=Cc1ccc2cc(OCOC(=O)C(F)(F)S(=O)(=O)[O-])ccc2c1.C=Cc1cccc2c(OCOC(=O)CS(=O)(=O)[O-])cccc12.[CH3+].[CH3+].[CH3+].[CH3+].[CH3+]. The molecule has 0 aliphatic heterocycles. The maximum atomic E-state index is 12.9. The van der Waals surface area contributed by atoms with E-state index in [0.717, 1.165) is 71.6 Å². The summed E-state index contributed by atoms with van der Waals surface area (Å²) in [5.41, 5.74) is 4.87. The number of carbonyl (C=O) groups excluding carboxylic acids is 5. The highest BCUT2D eigenvalue weighted by molar-refractivity contribution is 7.87. The zero-order valence-electron chi connectivity index (χ0n) is 63.6. The summed E-state index contributed by atoms with van der Waals surface area (Å²) in [4.78, 5) is 54.6. The Kier molecular flexibility index (Phi) is 46.0. The summed E-state index contributed by atoms with van der Waals surface area (Å²) in [6.07, 6.45) is 10.8. The van der Waals surface area contributed by atoms with Crippen LogP contribution in [0.2, 0.25) is 0 Å². The van der Waals surface area contributed by atoms with Crippen molar-refractivity contribution in [3.8, 4) is 28.7 Å². The van der Waals surface area contributed by atoms with Crippen molar-refractivity contribution < 1.29 is 137 Å². The molecule has 8 aromatic rings. The molecule has 33 heteroatoms. The summed E-state index contributed by atoms with van der Waals surface area (Å²) < 4.78 is 217. The Morgan fingerprint density at radius 2 is 0.728 bits per heavy atom. The average molecular weight is 1660 g/mol. The minimum Gasteiger partial charge on any atom is -0.748 e. The monoisotopic (exact) mass is 1660 g/mol. The lowest BCUT2D eigenvalue weighted by Crippen LogP contribution is -2.39. The number of benzene rings is 8. The van der Waals surface area contributed by atoms with Gasteiger partial charge in [-0.1, -0.05) is 154 Å². The molecule has 114 heavy (non-hydrogen) atoms. The molecule has 0 bridgehead atoms. The Hall–Kier alpha value is -11.8. The summed E-state index contributed by atoms with van der Waals surface area (Å²) in [6.45, 7) is 18.7. The maximum absolute atomic E-state index is 12.9. The molecule has 0 amide bonds. The van der Waals surface area contributed by atoms with Gasteiger partial charge in [0, 0.05) is 56.4 Å². The first-order valence-electron chi connectivity index (χ1n) is 32.1. The Morgan fingerprint density at radius 3 is 1.14 bits per heavy atom. The van der Waals surface area contributed by atoms with Crippen molar-refractivity contribution in [3.05, 3.63) is 256 Å². The number of ether oxygens (including phenoxy) is 10. The second kappa shape index (κ2) is 50.3. The smallest absolute Gasteiger partial charge is 0.429 e. The van der Waals surface area contributed by atoms with Gasteiger partial charge in [0.05, 0.1) is 26.4 Å². The minimum absolute atomic E-state index is 0. The number of carbonyl (C=O) groups is 5. The third-order valence-electron chi connectivity index (χ3n) is 13.9. The zero-order valence-corrected chi connectivity index (χ0v) is 66.1. The van der Waals surface area contributed by atoms with Gasteiger partial charge in [-0.15, -0.1) is 0 Å². The van der Waals surface area contributed by atoms with Gasteiger partial charge in [-0.3, -0.25) is 9.59 Å². The molecule has 0 saturated carbocycles. The largest absolute Gasteiger partial charge is 0.748 e. The van der Waals surface area contributed by atoms with Gasteiger partial charge in [0.1, 0.15) is 73.7 Å². The van der Waals surface area contributed by atoms with Crippen LogP contribution in [0.4, 0.5) is 26.3 Å². The van der Waals surface area contributed by atoms with Crippen molar-refractivity contribution in [2.24, 2.45) is 0 Å². The molecular weight excluding hydrogens is 1570 g/mol. The minimum atomic E-state index is -6.15. The number of rotatable bonds is 35. The second-order valence-corrected chi connectivity index (χ2v) is 26.7. The van der Waals surface area contributed by atoms with E-state index in [2.05, 4.69) is 56.6 Å². The van der Waals surface area contributed by atoms with Crippen LogP contribution in [0.1, 0.15) is 67.3 Å². The number of hydrogen-bond donors (Lipinski definition) is 0. The molecule has 0 aliphatic carbocycles. The first kappa shape index (κ1) is 104. The Labute approximate surface area is 661 Å². The summed E-state index contributed by atoms with van der Waals surface area (Å²) in [5, 5.41) is 0.235. The van der Waals surface area contributed by atoms with Crippen LogP contribution in [0.25, 0.3) is 62.7 Å².